The van der Waals surface area contributed by atoms with E-state index in [4.69, 9.17) is 4.74 Å². The predicted molar refractivity (Wildman–Crippen MR) is 64.3 cm³/mol. The Balaban J connectivity index is 2.73. The quantitative estimate of drug-likeness (QED) is 0.804. The van der Waals surface area contributed by atoms with Crippen molar-refractivity contribution in [3.63, 3.8) is 0 Å². The lowest BCUT2D eigenvalue weighted by Gasteiger charge is -2.35. The first-order valence-electron chi connectivity index (χ1n) is 5.81. The van der Waals surface area contributed by atoms with E-state index in [2.05, 4.69) is 4.98 Å². The molecule has 1 rings (SSSR count). The van der Waals surface area contributed by atoms with Gasteiger partial charge in [0.1, 0.15) is 0 Å². The van der Waals surface area contributed by atoms with Crippen molar-refractivity contribution < 1.29 is 9.84 Å². The second-order valence-electron chi connectivity index (χ2n) is 4.02. The Bertz CT molecular complexity index is 288. The Kier molecular flexibility index (Phi) is 4.90. The van der Waals surface area contributed by atoms with Gasteiger partial charge in [-0.15, -0.1) is 0 Å². The molecule has 0 aliphatic rings. The van der Waals surface area contributed by atoms with Crippen LogP contribution in [0.25, 0.3) is 0 Å². The average molecular weight is 223 g/mol. The van der Waals surface area contributed by atoms with E-state index < -0.39 is 11.7 Å². The van der Waals surface area contributed by atoms with Crippen molar-refractivity contribution in [2.24, 2.45) is 0 Å². The second-order valence-corrected chi connectivity index (χ2v) is 4.02. The smallest absolute Gasteiger partial charge is 0.0935 e. The van der Waals surface area contributed by atoms with Gasteiger partial charge in [-0.1, -0.05) is 19.9 Å². The highest BCUT2D eigenvalue weighted by Gasteiger charge is 2.34. The van der Waals surface area contributed by atoms with E-state index in [-0.39, 0.29) is 0 Å². The third-order valence-electron chi connectivity index (χ3n) is 3.34. The maximum absolute atomic E-state index is 10.2. The summed E-state index contributed by atoms with van der Waals surface area (Å²) < 4.78 is 5.49. The molecule has 0 aliphatic heterocycles. The average Bonchev–Trinajstić information content (AvgIpc) is 2.33. The number of aliphatic hydroxyl groups excluding tert-OH is 1. The number of ether oxygens (including phenoxy) is 1. The van der Waals surface area contributed by atoms with Gasteiger partial charge in [0.25, 0.3) is 0 Å². The Hall–Kier alpha value is -0.930. The predicted octanol–water partition coefficient (Wildman–Crippen LogP) is 2.19. The minimum Gasteiger partial charge on any atom is -0.390 e. The van der Waals surface area contributed by atoms with Gasteiger partial charge in [-0.05, 0) is 25.0 Å². The number of rotatable bonds is 6. The molecule has 0 saturated heterocycles. The lowest BCUT2D eigenvalue weighted by atomic mass is 9.87. The molecule has 16 heavy (non-hydrogen) atoms. The zero-order chi connectivity index (χ0) is 12.0. The van der Waals surface area contributed by atoms with Crippen LogP contribution < -0.4 is 0 Å². The monoisotopic (exact) mass is 223 g/mol. The number of pyridine rings is 1. The number of hydrogen-bond donors (Lipinski definition) is 1. The van der Waals surface area contributed by atoms with E-state index in [0.717, 1.165) is 18.5 Å². The molecule has 0 amide bonds. The zero-order valence-electron chi connectivity index (χ0n) is 10.3. The number of hydrogen-bond acceptors (Lipinski definition) is 3. The first-order valence-corrected chi connectivity index (χ1v) is 5.81. The van der Waals surface area contributed by atoms with Gasteiger partial charge in [0.15, 0.2) is 0 Å². The molecule has 1 heterocycles. The van der Waals surface area contributed by atoms with Crippen molar-refractivity contribution in [2.75, 3.05) is 7.11 Å². The normalized spacial score (nSPS) is 13.8. The minimum atomic E-state index is -0.512. The van der Waals surface area contributed by atoms with Crippen LogP contribution in [0.15, 0.2) is 24.4 Å². The van der Waals surface area contributed by atoms with Crippen molar-refractivity contribution in [3.8, 4) is 0 Å². The van der Waals surface area contributed by atoms with Gasteiger partial charge < -0.3 is 9.84 Å². The van der Waals surface area contributed by atoms with Crippen LogP contribution in [-0.4, -0.2) is 28.9 Å². The molecule has 3 heteroatoms. The fourth-order valence-corrected chi connectivity index (χ4v) is 2.05. The largest absolute Gasteiger partial charge is 0.390 e. The summed E-state index contributed by atoms with van der Waals surface area (Å²) in [5, 5.41) is 10.2. The molecular formula is C13H21NO2. The number of aliphatic hydroxyl groups is 1. The van der Waals surface area contributed by atoms with Gasteiger partial charge in [-0.2, -0.15) is 0 Å². The van der Waals surface area contributed by atoms with Gasteiger partial charge >= 0.3 is 0 Å². The van der Waals surface area contributed by atoms with Gasteiger partial charge in [0, 0.05) is 25.4 Å². The molecule has 0 aliphatic carbocycles. The van der Waals surface area contributed by atoms with Crippen molar-refractivity contribution >= 4 is 0 Å². The molecular weight excluding hydrogens is 202 g/mol. The van der Waals surface area contributed by atoms with Crippen LogP contribution in [0.1, 0.15) is 32.4 Å². The Morgan fingerprint density at radius 3 is 2.50 bits per heavy atom. The molecule has 0 spiro atoms. The first kappa shape index (κ1) is 13.1. The summed E-state index contributed by atoms with van der Waals surface area (Å²) in [6, 6.07) is 5.73. The van der Waals surface area contributed by atoms with Gasteiger partial charge in [0.05, 0.1) is 11.7 Å². The molecule has 1 atom stereocenters. The van der Waals surface area contributed by atoms with Crippen LogP contribution in [0.4, 0.5) is 0 Å². The lowest BCUT2D eigenvalue weighted by molar-refractivity contribution is -0.107. The molecule has 1 N–H and O–H groups in total. The van der Waals surface area contributed by atoms with Crippen molar-refractivity contribution in [1.82, 2.24) is 4.98 Å². The third-order valence-corrected chi connectivity index (χ3v) is 3.34. The van der Waals surface area contributed by atoms with E-state index in [0.29, 0.717) is 6.42 Å². The summed E-state index contributed by atoms with van der Waals surface area (Å²) in [6.45, 7) is 4.07. The van der Waals surface area contributed by atoms with Crippen LogP contribution in [0.5, 0.6) is 0 Å². The van der Waals surface area contributed by atoms with E-state index in [1.165, 1.54) is 0 Å². The highest BCUT2D eigenvalue weighted by Crippen LogP contribution is 2.26. The highest BCUT2D eigenvalue weighted by atomic mass is 16.5. The van der Waals surface area contributed by atoms with Crippen molar-refractivity contribution in [1.29, 1.82) is 0 Å². The molecule has 1 aromatic heterocycles. The molecule has 90 valence electrons. The Morgan fingerprint density at radius 1 is 1.38 bits per heavy atom. The first-order chi connectivity index (χ1) is 7.68. The minimum absolute atomic E-state index is 0.447. The van der Waals surface area contributed by atoms with Crippen LogP contribution in [0, 0.1) is 0 Å². The number of methoxy groups -OCH3 is 1. The van der Waals surface area contributed by atoms with E-state index >= 15 is 0 Å². The number of aromatic nitrogens is 1. The van der Waals surface area contributed by atoms with Gasteiger partial charge in [-0.3, -0.25) is 4.98 Å². The summed E-state index contributed by atoms with van der Waals surface area (Å²) in [5.41, 5.74) is 0.454. The molecule has 0 fully saturated rings. The Morgan fingerprint density at radius 2 is 2.06 bits per heavy atom. The summed E-state index contributed by atoms with van der Waals surface area (Å²) in [4.78, 5) is 4.22. The number of nitrogens with zero attached hydrogens (tertiary/aromatic N) is 1. The SMILES string of the molecule is CCC(CC)(OC)C(O)Cc1ccccn1. The van der Waals surface area contributed by atoms with Crippen LogP contribution in [-0.2, 0) is 11.2 Å². The fraction of sp³-hybridized carbons (Fsp3) is 0.615. The highest BCUT2D eigenvalue weighted by molar-refractivity contribution is 5.06. The summed E-state index contributed by atoms with van der Waals surface area (Å²) in [5.74, 6) is 0. The van der Waals surface area contributed by atoms with E-state index in [9.17, 15) is 5.11 Å². The van der Waals surface area contributed by atoms with Gasteiger partial charge in [-0.25, -0.2) is 0 Å². The fourth-order valence-electron chi connectivity index (χ4n) is 2.05. The van der Waals surface area contributed by atoms with Crippen molar-refractivity contribution in [2.45, 2.75) is 44.8 Å². The van der Waals surface area contributed by atoms with Crippen LogP contribution >= 0.6 is 0 Å². The lowest BCUT2D eigenvalue weighted by Crippen LogP contribution is -2.44. The topological polar surface area (TPSA) is 42.4 Å². The zero-order valence-corrected chi connectivity index (χ0v) is 10.3. The molecule has 3 nitrogen and oxygen atoms in total. The molecule has 0 aromatic carbocycles. The molecule has 1 aromatic rings. The standard InChI is InChI=1S/C13H21NO2/c1-4-13(5-2,16-3)12(15)10-11-8-6-7-9-14-11/h6-9,12,15H,4-5,10H2,1-3H3. The molecule has 0 saturated carbocycles. The third kappa shape index (κ3) is 2.80. The van der Waals surface area contributed by atoms with Gasteiger partial charge in [0.2, 0.25) is 0 Å². The summed E-state index contributed by atoms with van der Waals surface area (Å²) >= 11 is 0. The Labute approximate surface area is 97.5 Å². The summed E-state index contributed by atoms with van der Waals surface area (Å²) in [6.07, 6.45) is 3.37. The van der Waals surface area contributed by atoms with Crippen LogP contribution in [0.3, 0.4) is 0 Å². The second kappa shape index (κ2) is 5.97. The summed E-state index contributed by atoms with van der Waals surface area (Å²) in [7, 11) is 1.66. The van der Waals surface area contributed by atoms with Crippen molar-refractivity contribution in [3.05, 3.63) is 30.1 Å². The maximum atomic E-state index is 10.2. The van der Waals surface area contributed by atoms with E-state index in [1.807, 2.05) is 32.0 Å². The molecule has 0 radical (unpaired) electrons. The molecule has 0 bridgehead atoms. The maximum Gasteiger partial charge on any atom is 0.0935 e. The molecule has 1 unspecified atom stereocenters. The van der Waals surface area contributed by atoms with E-state index in [1.54, 1.807) is 13.3 Å². The van der Waals surface area contributed by atoms with Crippen LogP contribution in [0.2, 0.25) is 0 Å².